The number of anilines is 1. The Labute approximate surface area is 146 Å². The van der Waals surface area contributed by atoms with Gasteiger partial charge < -0.3 is 10.6 Å². The highest BCUT2D eigenvalue weighted by Gasteiger charge is 2.25. The average Bonchev–Trinajstić information content (AvgIpc) is 3.09. The zero-order chi connectivity index (χ0) is 18.2. The van der Waals surface area contributed by atoms with Gasteiger partial charge in [-0.3, -0.25) is 19.4 Å². The van der Waals surface area contributed by atoms with Gasteiger partial charge in [0.05, 0.1) is 17.6 Å². The zero-order valence-electron chi connectivity index (χ0n) is 15.0. The number of nitrogens with zero attached hydrogens (tertiary/aromatic N) is 3. The van der Waals surface area contributed by atoms with Crippen molar-refractivity contribution >= 4 is 17.5 Å². The highest BCUT2D eigenvalue weighted by atomic mass is 16.2. The quantitative estimate of drug-likeness (QED) is 0.769. The lowest BCUT2D eigenvalue weighted by molar-refractivity contribution is 0.0947. The predicted molar refractivity (Wildman–Crippen MR) is 93.5 cm³/mol. The van der Waals surface area contributed by atoms with Crippen LogP contribution < -0.4 is 10.6 Å². The Balaban J connectivity index is 1.72. The molecule has 2 heterocycles. The second kappa shape index (κ2) is 6.34. The van der Waals surface area contributed by atoms with Crippen LogP contribution in [-0.4, -0.2) is 38.3 Å². The molecule has 2 amide bonds. The molecule has 1 aliphatic rings. The van der Waals surface area contributed by atoms with E-state index in [1.807, 2.05) is 20.8 Å². The minimum atomic E-state index is -0.330. The van der Waals surface area contributed by atoms with Crippen LogP contribution in [0.15, 0.2) is 12.3 Å². The van der Waals surface area contributed by atoms with Crippen LogP contribution in [0.3, 0.4) is 0 Å². The first-order valence-corrected chi connectivity index (χ1v) is 8.43. The Hall–Kier alpha value is -2.64. The molecule has 1 fully saturated rings. The minimum absolute atomic E-state index is 0.153. The molecule has 3 N–H and O–H groups in total. The molecule has 0 bridgehead atoms. The minimum Gasteiger partial charge on any atom is -0.350 e. The lowest BCUT2D eigenvalue weighted by Crippen LogP contribution is -2.27. The Kier molecular flexibility index (Phi) is 4.36. The van der Waals surface area contributed by atoms with Gasteiger partial charge in [-0.05, 0) is 24.8 Å². The largest absolute Gasteiger partial charge is 0.350 e. The van der Waals surface area contributed by atoms with Crippen LogP contribution in [0, 0.1) is 5.92 Å². The fraction of sp³-hybridized carbons (Fsp3) is 0.529. The molecule has 0 radical (unpaired) electrons. The number of carbonyl (C=O) groups is 2. The molecule has 3 rings (SSSR count). The summed E-state index contributed by atoms with van der Waals surface area (Å²) in [6.07, 6.45) is 3.75. The summed E-state index contributed by atoms with van der Waals surface area (Å²) in [6.45, 7) is 6.77. The van der Waals surface area contributed by atoms with E-state index in [9.17, 15) is 9.59 Å². The van der Waals surface area contributed by atoms with Crippen molar-refractivity contribution in [1.82, 2.24) is 25.3 Å². The molecular weight excluding hydrogens is 320 g/mol. The van der Waals surface area contributed by atoms with E-state index in [-0.39, 0.29) is 22.9 Å². The first-order chi connectivity index (χ1) is 11.8. The van der Waals surface area contributed by atoms with Gasteiger partial charge in [-0.15, -0.1) is 0 Å². The number of nitrogens with one attached hydrogen (secondary N) is 3. The van der Waals surface area contributed by atoms with Gasteiger partial charge in [-0.25, -0.2) is 0 Å². The third kappa shape index (κ3) is 3.89. The molecule has 25 heavy (non-hydrogen) atoms. The molecule has 0 spiro atoms. The van der Waals surface area contributed by atoms with Crippen LogP contribution in [0.1, 0.15) is 60.3 Å². The van der Waals surface area contributed by atoms with Gasteiger partial charge in [-0.2, -0.15) is 10.2 Å². The van der Waals surface area contributed by atoms with Crippen molar-refractivity contribution in [2.24, 2.45) is 13.0 Å². The van der Waals surface area contributed by atoms with Crippen LogP contribution >= 0.6 is 0 Å². The predicted octanol–water partition coefficient (Wildman–Crippen LogP) is 1.83. The summed E-state index contributed by atoms with van der Waals surface area (Å²) in [5, 5.41) is 16.5. The summed E-state index contributed by atoms with van der Waals surface area (Å²) in [5.41, 5.74) is 1.72. The van der Waals surface area contributed by atoms with Gasteiger partial charge in [-0.1, -0.05) is 20.8 Å². The second-order valence-electron chi connectivity index (χ2n) is 7.55. The second-order valence-corrected chi connectivity index (χ2v) is 7.55. The highest BCUT2D eigenvalue weighted by Crippen LogP contribution is 2.27. The molecule has 1 saturated carbocycles. The molecule has 134 valence electrons. The van der Waals surface area contributed by atoms with Crippen LogP contribution in [0.5, 0.6) is 0 Å². The van der Waals surface area contributed by atoms with Crippen molar-refractivity contribution in [2.75, 3.05) is 11.9 Å². The van der Waals surface area contributed by atoms with Gasteiger partial charge in [0.2, 0.25) is 0 Å². The standard InChI is InChI=1S/C17H24N6O2/c1-17(2,3)13-7-12(23(4)22-13)15(24)20-11-9-19-21-14(11)16(25)18-8-10-5-6-10/h7,9-10H,5-6,8H2,1-4H3,(H,18,25)(H,19,21)(H,20,24). The molecule has 2 aromatic rings. The molecule has 0 aromatic carbocycles. The number of amides is 2. The zero-order valence-corrected chi connectivity index (χ0v) is 15.0. The van der Waals surface area contributed by atoms with Crippen LogP contribution in [0.4, 0.5) is 5.69 Å². The van der Waals surface area contributed by atoms with E-state index in [2.05, 4.69) is 25.9 Å². The van der Waals surface area contributed by atoms with Gasteiger partial charge in [0.25, 0.3) is 11.8 Å². The van der Waals surface area contributed by atoms with Crippen LogP contribution in [0.2, 0.25) is 0 Å². The van der Waals surface area contributed by atoms with E-state index in [0.29, 0.717) is 23.8 Å². The van der Waals surface area contributed by atoms with Gasteiger partial charge in [0.1, 0.15) is 11.4 Å². The van der Waals surface area contributed by atoms with E-state index in [1.165, 1.54) is 6.20 Å². The molecule has 0 saturated heterocycles. The molecule has 0 atom stereocenters. The Morgan fingerprint density at radius 1 is 1.32 bits per heavy atom. The summed E-state index contributed by atoms with van der Waals surface area (Å²) in [5.74, 6) is -0.0154. The first-order valence-electron chi connectivity index (χ1n) is 8.43. The maximum absolute atomic E-state index is 12.6. The maximum Gasteiger partial charge on any atom is 0.274 e. The molecule has 0 unspecified atom stereocenters. The van der Waals surface area contributed by atoms with E-state index in [4.69, 9.17) is 0 Å². The summed E-state index contributed by atoms with van der Waals surface area (Å²) < 4.78 is 1.54. The number of aromatic amines is 1. The van der Waals surface area contributed by atoms with E-state index < -0.39 is 0 Å². The normalized spacial score (nSPS) is 14.4. The number of carbonyl (C=O) groups excluding carboxylic acids is 2. The van der Waals surface area contributed by atoms with Crippen LogP contribution in [0.25, 0.3) is 0 Å². The maximum atomic E-state index is 12.6. The van der Waals surface area contributed by atoms with Gasteiger partial charge in [0, 0.05) is 19.0 Å². The lowest BCUT2D eigenvalue weighted by atomic mass is 9.92. The summed E-state index contributed by atoms with van der Waals surface area (Å²) in [4.78, 5) is 24.8. The molecule has 2 aromatic heterocycles. The average molecular weight is 344 g/mol. The van der Waals surface area contributed by atoms with Crippen molar-refractivity contribution in [3.05, 3.63) is 29.3 Å². The number of aromatic nitrogens is 4. The van der Waals surface area contributed by atoms with E-state index in [0.717, 1.165) is 18.5 Å². The third-order valence-electron chi connectivity index (χ3n) is 4.24. The summed E-state index contributed by atoms with van der Waals surface area (Å²) in [6, 6.07) is 1.77. The molecule has 8 heteroatoms. The van der Waals surface area contributed by atoms with Gasteiger partial charge in [0.15, 0.2) is 0 Å². The van der Waals surface area contributed by atoms with E-state index in [1.54, 1.807) is 17.8 Å². The van der Waals surface area contributed by atoms with Crippen molar-refractivity contribution < 1.29 is 9.59 Å². The number of aryl methyl sites for hydroxylation is 1. The van der Waals surface area contributed by atoms with Gasteiger partial charge >= 0.3 is 0 Å². The lowest BCUT2D eigenvalue weighted by Gasteiger charge is -2.13. The third-order valence-corrected chi connectivity index (χ3v) is 4.24. The number of hydrogen-bond acceptors (Lipinski definition) is 4. The molecular formula is C17H24N6O2. The Morgan fingerprint density at radius 3 is 2.64 bits per heavy atom. The van der Waals surface area contributed by atoms with Crippen molar-refractivity contribution in [3.8, 4) is 0 Å². The molecule has 0 aliphatic heterocycles. The summed E-state index contributed by atoms with van der Waals surface area (Å²) in [7, 11) is 1.72. The van der Waals surface area contributed by atoms with Crippen LogP contribution in [-0.2, 0) is 12.5 Å². The Morgan fingerprint density at radius 2 is 2.04 bits per heavy atom. The smallest absolute Gasteiger partial charge is 0.274 e. The fourth-order valence-corrected chi connectivity index (χ4v) is 2.43. The fourth-order valence-electron chi connectivity index (χ4n) is 2.43. The SMILES string of the molecule is Cn1nc(C(C)(C)C)cc1C(=O)Nc1cn[nH]c1C(=O)NCC1CC1. The number of rotatable bonds is 5. The van der Waals surface area contributed by atoms with E-state index >= 15 is 0 Å². The number of hydrogen-bond donors (Lipinski definition) is 3. The van der Waals surface area contributed by atoms with Crippen molar-refractivity contribution in [2.45, 2.75) is 39.0 Å². The first kappa shape index (κ1) is 17.2. The van der Waals surface area contributed by atoms with Crippen molar-refractivity contribution in [1.29, 1.82) is 0 Å². The summed E-state index contributed by atoms with van der Waals surface area (Å²) >= 11 is 0. The monoisotopic (exact) mass is 344 g/mol. The van der Waals surface area contributed by atoms with Crippen molar-refractivity contribution in [3.63, 3.8) is 0 Å². The molecule has 1 aliphatic carbocycles. The highest BCUT2D eigenvalue weighted by molar-refractivity contribution is 6.07. The molecule has 8 nitrogen and oxygen atoms in total. The Bertz CT molecular complexity index is 794. The number of H-pyrrole nitrogens is 1. The topological polar surface area (TPSA) is 105 Å².